The Balaban J connectivity index is 1.65. The van der Waals surface area contributed by atoms with E-state index in [-0.39, 0.29) is 24.0 Å². The lowest BCUT2D eigenvalue weighted by Gasteiger charge is -2.40. The molecule has 0 spiro atoms. The summed E-state index contributed by atoms with van der Waals surface area (Å²) in [5.74, 6) is -0.0404. The highest BCUT2D eigenvalue weighted by Crippen LogP contribution is 2.39. The number of benzene rings is 2. The lowest BCUT2D eigenvalue weighted by atomic mass is 9.99. The highest BCUT2D eigenvalue weighted by molar-refractivity contribution is 6.03. The van der Waals surface area contributed by atoms with E-state index in [9.17, 15) is 14.4 Å². The van der Waals surface area contributed by atoms with Crippen LogP contribution in [0.25, 0.3) is 11.1 Å². The molecule has 0 saturated carbocycles. The summed E-state index contributed by atoms with van der Waals surface area (Å²) in [5, 5.41) is 3.26. The van der Waals surface area contributed by atoms with Crippen LogP contribution in [0, 0.1) is 0 Å². The number of nitrogens with zero attached hydrogens (tertiary/aromatic N) is 3. The maximum Gasteiger partial charge on any atom is 0.414 e. The summed E-state index contributed by atoms with van der Waals surface area (Å²) < 4.78 is 5.47. The van der Waals surface area contributed by atoms with Gasteiger partial charge in [-0.3, -0.25) is 14.5 Å². The summed E-state index contributed by atoms with van der Waals surface area (Å²) >= 11 is 0. The van der Waals surface area contributed by atoms with Crippen LogP contribution in [0.4, 0.5) is 16.2 Å². The van der Waals surface area contributed by atoms with Gasteiger partial charge in [0.25, 0.3) is 5.91 Å². The molecule has 2 aromatic carbocycles. The van der Waals surface area contributed by atoms with Gasteiger partial charge < -0.3 is 19.9 Å². The minimum absolute atomic E-state index is 0.0344. The molecule has 0 bridgehead atoms. The van der Waals surface area contributed by atoms with Gasteiger partial charge in [0, 0.05) is 45.2 Å². The molecule has 180 valence electrons. The highest BCUT2D eigenvalue weighted by atomic mass is 16.6. The average molecular weight is 465 g/mol. The smallest absolute Gasteiger partial charge is 0.414 e. The van der Waals surface area contributed by atoms with Crippen molar-refractivity contribution in [1.29, 1.82) is 0 Å². The normalized spacial score (nSPS) is 18.0. The number of anilines is 2. The minimum atomic E-state index is -0.430. The first-order valence-corrected chi connectivity index (χ1v) is 11.8. The Morgan fingerprint density at radius 3 is 2.24 bits per heavy atom. The van der Waals surface area contributed by atoms with Crippen molar-refractivity contribution in [1.82, 2.24) is 10.2 Å². The number of ether oxygens (including phenoxy) is 1. The third-order valence-electron chi connectivity index (χ3n) is 6.18. The van der Waals surface area contributed by atoms with Crippen molar-refractivity contribution in [3.05, 3.63) is 48.0 Å². The third kappa shape index (κ3) is 4.77. The molecule has 2 aliphatic rings. The Morgan fingerprint density at radius 2 is 1.62 bits per heavy atom. The summed E-state index contributed by atoms with van der Waals surface area (Å²) in [6.07, 6.45) is -0.679. The van der Waals surface area contributed by atoms with E-state index in [1.54, 1.807) is 9.80 Å². The monoisotopic (exact) mass is 464 g/mol. The Labute approximate surface area is 200 Å². The molecule has 8 nitrogen and oxygen atoms in total. The summed E-state index contributed by atoms with van der Waals surface area (Å²) in [7, 11) is 0. The van der Waals surface area contributed by atoms with Crippen LogP contribution in [-0.4, -0.2) is 67.7 Å². The molecular formula is C26H32N4O4. The Morgan fingerprint density at radius 1 is 0.971 bits per heavy atom. The van der Waals surface area contributed by atoms with Crippen molar-refractivity contribution in [2.24, 2.45) is 0 Å². The quantitative estimate of drug-likeness (QED) is 0.752. The van der Waals surface area contributed by atoms with Crippen molar-refractivity contribution < 1.29 is 19.1 Å². The van der Waals surface area contributed by atoms with Crippen LogP contribution in [-0.2, 0) is 9.53 Å². The summed E-state index contributed by atoms with van der Waals surface area (Å²) in [6.45, 7) is 10.5. The summed E-state index contributed by atoms with van der Waals surface area (Å²) in [4.78, 5) is 43.2. The zero-order chi connectivity index (χ0) is 24.4. The van der Waals surface area contributed by atoms with Crippen LogP contribution in [0.2, 0.25) is 0 Å². The molecule has 0 aliphatic carbocycles. The largest absolute Gasteiger partial charge is 0.446 e. The standard InChI is InChI=1S/C26H32N4O4/c1-17(2)34-26(33)29-16-18(3)30(19(4)31)23-10-9-22(15-24(23)29)20-5-7-21(8-6-20)25(32)28-13-11-27-12-14-28/h5-10,15,17-18,27H,11-14,16H2,1-4H3/t18-/m0/s1. The molecule has 4 rings (SSSR count). The van der Waals surface area contributed by atoms with Crippen molar-refractivity contribution in [3.63, 3.8) is 0 Å². The first-order valence-electron chi connectivity index (χ1n) is 11.8. The molecule has 0 radical (unpaired) electrons. The van der Waals surface area contributed by atoms with E-state index in [4.69, 9.17) is 4.74 Å². The van der Waals surface area contributed by atoms with E-state index >= 15 is 0 Å². The number of fused-ring (bicyclic) bond motifs is 1. The van der Waals surface area contributed by atoms with Gasteiger partial charge in [0.15, 0.2) is 0 Å². The van der Waals surface area contributed by atoms with Crippen molar-refractivity contribution in [2.75, 3.05) is 42.5 Å². The zero-order valence-electron chi connectivity index (χ0n) is 20.2. The fourth-order valence-electron chi connectivity index (χ4n) is 4.58. The maximum atomic E-state index is 12.9. The van der Waals surface area contributed by atoms with Gasteiger partial charge >= 0.3 is 6.09 Å². The molecule has 1 fully saturated rings. The SMILES string of the molecule is CC(=O)N1c2ccc(-c3ccc(C(=O)N4CCNCC4)cc3)cc2N(C(=O)OC(C)C)C[C@@H]1C. The number of hydrogen-bond donors (Lipinski definition) is 1. The molecule has 1 saturated heterocycles. The molecule has 0 unspecified atom stereocenters. The number of piperazine rings is 1. The predicted octanol–water partition coefficient (Wildman–Crippen LogP) is 3.51. The topological polar surface area (TPSA) is 82.2 Å². The molecule has 8 heteroatoms. The fraction of sp³-hybridized carbons (Fsp3) is 0.423. The van der Waals surface area contributed by atoms with E-state index in [1.807, 2.05) is 68.1 Å². The van der Waals surface area contributed by atoms with Gasteiger partial charge in [-0.25, -0.2) is 4.79 Å². The first-order chi connectivity index (χ1) is 16.3. The fourth-order valence-corrected chi connectivity index (χ4v) is 4.58. The van der Waals surface area contributed by atoms with Gasteiger partial charge in [-0.15, -0.1) is 0 Å². The number of carbonyl (C=O) groups is 3. The van der Waals surface area contributed by atoms with Gasteiger partial charge in [-0.2, -0.15) is 0 Å². The zero-order valence-corrected chi connectivity index (χ0v) is 20.2. The van der Waals surface area contributed by atoms with Crippen LogP contribution in [0.5, 0.6) is 0 Å². The Kier molecular flexibility index (Phi) is 6.88. The maximum absolute atomic E-state index is 12.9. The number of carbonyl (C=O) groups excluding carboxylic acids is 3. The predicted molar refractivity (Wildman–Crippen MR) is 132 cm³/mol. The molecule has 0 aromatic heterocycles. The van der Waals surface area contributed by atoms with Crippen molar-refractivity contribution >= 4 is 29.3 Å². The Bertz CT molecular complexity index is 1080. The van der Waals surface area contributed by atoms with Crippen LogP contribution in [0.1, 0.15) is 38.1 Å². The summed E-state index contributed by atoms with van der Waals surface area (Å²) in [6, 6.07) is 13.1. The van der Waals surface area contributed by atoms with E-state index in [0.29, 0.717) is 36.6 Å². The highest BCUT2D eigenvalue weighted by Gasteiger charge is 2.34. The van der Waals surface area contributed by atoms with E-state index in [2.05, 4.69) is 5.32 Å². The van der Waals surface area contributed by atoms with Gasteiger partial charge in [-0.05, 0) is 56.2 Å². The first kappa shape index (κ1) is 23.8. The average Bonchev–Trinajstić information content (AvgIpc) is 2.82. The lowest BCUT2D eigenvalue weighted by molar-refractivity contribution is -0.117. The number of rotatable bonds is 3. The van der Waals surface area contributed by atoms with Gasteiger partial charge in [0.1, 0.15) is 0 Å². The molecule has 1 atom stereocenters. The molecule has 34 heavy (non-hydrogen) atoms. The molecular weight excluding hydrogens is 432 g/mol. The molecule has 1 N–H and O–H groups in total. The second-order valence-corrected chi connectivity index (χ2v) is 9.10. The number of hydrogen-bond acceptors (Lipinski definition) is 5. The van der Waals surface area contributed by atoms with E-state index in [0.717, 1.165) is 24.2 Å². The third-order valence-corrected chi connectivity index (χ3v) is 6.18. The van der Waals surface area contributed by atoms with Gasteiger partial charge in [0.2, 0.25) is 5.91 Å². The van der Waals surface area contributed by atoms with Gasteiger partial charge in [0.05, 0.1) is 23.5 Å². The number of nitrogens with one attached hydrogen (secondary N) is 1. The van der Waals surface area contributed by atoms with Gasteiger partial charge in [-0.1, -0.05) is 18.2 Å². The molecule has 2 heterocycles. The minimum Gasteiger partial charge on any atom is -0.446 e. The van der Waals surface area contributed by atoms with Crippen LogP contribution in [0.15, 0.2) is 42.5 Å². The molecule has 2 aromatic rings. The second-order valence-electron chi connectivity index (χ2n) is 9.10. The van der Waals surface area contributed by atoms with Crippen LogP contribution < -0.4 is 15.1 Å². The van der Waals surface area contributed by atoms with Crippen LogP contribution in [0.3, 0.4) is 0 Å². The molecule has 3 amide bonds. The van der Waals surface area contributed by atoms with E-state index < -0.39 is 6.09 Å². The van der Waals surface area contributed by atoms with Crippen molar-refractivity contribution in [3.8, 4) is 11.1 Å². The lowest BCUT2D eigenvalue weighted by Crippen LogP contribution is -2.51. The number of amides is 3. The van der Waals surface area contributed by atoms with Crippen LogP contribution >= 0.6 is 0 Å². The van der Waals surface area contributed by atoms with E-state index in [1.165, 1.54) is 6.92 Å². The summed E-state index contributed by atoms with van der Waals surface area (Å²) in [5.41, 5.74) is 3.78. The Hall–Kier alpha value is -3.39. The van der Waals surface area contributed by atoms with Crippen molar-refractivity contribution in [2.45, 2.75) is 39.8 Å². The molecule has 2 aliphatic heterocycles. The second kappa shape index (κ2) is 9.85.